The molecule has 0 aliphatic heterocycles. The maximum atomic E-state index is 9.55. The van der Waals surface area contributed by atoms with E-state index in [0.29, 0.717) is 11.8 Å². The van der Waals surface area contributed by atoms with E-state index in [9.17, 15) is 5.11 Å². The van der Waals surface area contributed by atoms with Crippen molar-refractivity contribution < 1.29 is 5.11 Å². The molecular formula is C15H18N2OS. The Morgan fingerprint density at radius 2 is 2.37 bits per heavy atom. The minimum atomic E-state index is 0.377. The number of aromatic nitrogens is 1. The lowest BCUT2D eigenvalue weighted by atomic mass is 9.87. The minimum Gasteiger partial charge on any atom is -0.508 e. The summed E-state index contributed by atoms with van der Waals surface area (Å²) < 4.78 is 0. The minimum absolute atomic E-state index is 0.377. The highest BCUT2D eigenvalue weighted by Crippen LogP contribution is 2.31. The van der Waals surface area contributed by atoms with E-state index in [-0.39, 0.29) is 0 Å². The monoisotopic (exact) mass is 274 g/mol. The number of fused-ring (bicyclic) bond motifs is 1. The molecule has 4 heteroatoms. The second-order valence-electron chi connectivity index (χ2n) is 4.96. The molecule has 0 saturated carbocycles. The molecule has 100 valence electrons. The van der Waals surface area contributed by atoms with E-state index in [4.69, 9.17) is 0 Å². The number of hydrogen-bond acceptors (Lipinski definition) is 4. The van der Waals surface area contributed by atoms with Crippen LogP contribution in [0, 0.1) is 0 Å². The Balaban J connectivity index is 1.63. The predicted octanol–water partition coefficient (Wildman–Crippen LogP) is 3.06. The third-order valence-electron chi connectivity index (χ3n) is 3.65. The first kappa shape index (κ1) is 12.6. The number of benzene rings is 1. The number of nitrogens with one attached hydrogen (secondary N) is 1. The van der Waals surface area contributed by atoms with E-state index in [2.05, 4.69) is 16.4 Å². The molecule has 1 aliphatic carbocycles. The normalized spacial score (nSPS) is 18.2. The van der Waals surface area contributed by atoms with Crippen molar-refractivity contribution >= 4 is 11.3 Å². The first-order valence-electron chi connectivity index (χ1n) is 6.76. The van der Waals surface area contributed by atoms with Crippen LogP contribution in [0.3, 0.4) is 0 Å². The zero-order valence-corrected chi connectivity index (χ0v) is 11.6. The standard InChI is InChI=1S/C15H18N2OS/c18-12-4-5-13-11(10-12)2-1-3-14(13)16-7-6-15-17-8-9-19-15/h4-5,8-10,14,16,18H,1-3,6-7H2. The molecule has 2 N–H and O–H groups in total. The average Bonchev–Trinajstić information content (AvgIpc) is 2.92. The summed E-state index contributed by atoms with van der Waals surface area (Å²) in [6.45, 7) is 0.957. The number of phenolic OH excluding ortho intramolecular Hbond substituents is 1. The van der Waals surface area contributed by atoms with Crippen LogP contribution in [0.2, 0.25) is 0 Å². The number of phenols is 1. The van der Waals surface area contributed by atoms with E-state index in [1.807, 2.05) is 17.6 Å². The molecular weight excluding hydrogens is 256 g/mol. The molecule has 1 aliphatic rings. The zero-order chi connectivity index (χ0) is 13.1. The lowest BCUT2D eigenvalue weighted by Crippen LogP contribution is -2.27. The van der Waals surface area contributed by atoms with Crippen molar-refractivity contribution in [2.24, 2.45) is 0 Å². The van der Waals surface area contributed by atoms with Gasteiger partial charge in [0.2, 0.25) is 0 Å². The summed E-state index contributed by atoms with van der Waals surface area (Å²) in [5, 5.41) is 16.4. The molecule has 0 saturated heterocycles. The number of aromatic hydroxyl groups is 1. The summed E-state index contributed by atoms with van der Waals surface area (Å²) >= 11 is 1.71. The third kappa shape index (κ3) is 2.96. The smallest absolute Gasteiger partial charge is 0.115 e. The zero-order valence-electron chi connectivity index (χ0n) is 10.8. The first-order valence-corrected chi connectivity index (χ1v) is 7.64. The highest BCUT2D eigenvalue weighted by Gasteiger charge is 2.19. The highest BCUT2D eigenvalue weighted by molar-refractivity contribution is 7.09. The van der Waals surface area contributed by atoms with Gasteiger partial charge >= 0.3 is 0 Å². The Bertz CT molecular complexity index is 539. The van der Waals surface area contributed by atoms with Crippen LogP contribution in [-0.2, 0) is 12.8 Å². The lowest BCUT2D eigenvalue weighted by Gasteiger charge is -2.26. The van der Waals surface area contributed by atoms with Crippen molar-refractivity contribution in [2.45, 2.75) is 31.7 Å². The van der Waals surface area contributed by atoms with Crippen molar-refractivity contribution in [3.05, 3.63) is 45.9 Å². The summed E-state index contributed by atoms with van der Waals surface area (Å²) in [5.41, 5.74) is 2.64. The van der Waals surface area contributed by atoms with E-state index in [1.54, 1.807) is 17.4 Å². The fourth-order valence-electron chi connectivity index (χ4n) is 2.74. The van der Waals surface area contributed by atoms with Crippen molar-refractivity contribution in [2.75, 3.05) is 6.54 Å². The Labute approximate surface area is 117 Å². The Hall–Kier alpha value is -1.39. The molecule has 0 radical (unpaired) electrons. The van der Waals surface area contributed by atoms with Crippen molar-refractivity contribution in [1.82, 2.24) is 10.3 Å². The fraction of sp³-hybridized carbons (Fsp3) is 0.400. The maximum absolute atomic E-state index is 9.55. The van der Waals surface area contributed by atoms with Crippen LogP contribution in [0.25, 0.3) is 0 Å². The molecule has 3 rings (SSSR count). The lowest BCUT2D eigenvalue weighted by molar-refractivity contribution is 0.452. The molecule has 3 nitrogen and oxygen atoms in total. The van der Waals surface area contributed by atoms with Gasteiger partial charge in [-0.2, -0.15) is 0 Å². The maximum Gasteiger partial charge on any atom is 0.115 e. The SMILES string of the molecule is Oc1ccc2c(c1)CCCC2NCCc1nccs1. The second-order valence-corrected chi connectivity index (χ2v) is 5.94. The van der Waals surface area contributed by atoms with E-state index in [0.717, 1.165) is 19.4 Å². The van der Waals surface area contributed by atoms with E-state index in [1.165, 1.54) is 29.0 Å². The summed E-state index contributed by atoms with van der Waals surface area (Å²) in [6, 6.07) is 6.18. The second kappa shape index (κ2) is 5.72. The van der Waals surface area contributed by atoms with Gasteiger partial charge in [0.1, 0.15) is 5.75 Å². The third-order valence-corrected chi connectivity index (χ3v) is 4.49. The molecule has 0 bridgehead atoms. The summed E-state index contributed by atoms with van der Waals surface area (Å²) in [7, 11) is 0. The number of rotatable bonds is 4. The molecule has 0 spiro atoms. The number of nitrogens with zero attached hydrogens (tertiary/aromatic N) is 1. The van der Waals surface area contributed by atoms with Gasteiger partial charge in [-0.25, -0.2) is 4.98 Å². The van der Waals surface area contributed by atoms with Gasteiger partial charge in [-0.1, -0.05) is 6.07 Å². The van der Waals surface area contributed by atoms with E-state index >= 15 is 0 Å². The molecule has 1 atom stereocenters. The number of hydrogen-bond donors (Lipinski definition) is 2. The largest absolute Gasteiger partial charge is 0.508 e. The van der Waals surface area contributed by atoms with Gasteiger partial charge in [0.25, 0.3) is 0 Å². The van der Waals surface area contributed by atoms with Crippen molar-refractivity contribution in [1.29, 1.82) is 0 Å². The summed E-state index contributed by atoms with van der Waals surface area (Å²) in [5.74, 6) is 0.377. The molecule has 1 unspecified atom stereocenters. The van der Waals surface area contributed by atoms with Crippen LogP contribution < -0.4 is 5.32 Å². The molecule has 1 aromatic carbocycles. The fourth-order valence-corrected chi connectivity index (χ4v) is 3.36. The molecule has 2 aromatic rings. The number of aryl methyl sites for hydroxylation is 1. The molecule has 0 fully saturated rings. The topological polar surface area (TPSA) is 45.1 Å². The van der Waals surface area contributed by atoms with Gasteiger partial charge in [0.15, 0.2) is 0 Å². The predicted molar refractivity (Wildman–Crippen MR) is 77.6 cm³/mol. The summed E-state index contributed by atoms with van der Waals surface area (Å²) in [6.07, 6.45) is 6.29. The van der Waals surface area contributed by atoms with Gasteiger partial charge in [0, 0.05) is 30.6 Å². The van der Waals surface area contributed by atoms with Crippen LogP contribution in [0.15, 0.2) is 29.8 Å². The van der Waals surface area contributed by atoms with Gasteiger partial charge in [-0.05, 0) is 42.5 Å². The van der Waals surface area contributed by atoms with Crippen molar-refractivity contribution in [3.8, 4) is 5.75 Å². The molecule has 1 heterocycles. The Morgan fingerprint density at radius 1 is 1.42 bits per heavy atom. The van der Waals surface area contributed by atoms with E-state index < -0.39 is 0 Å². The van der Waals surface area contributed by atoms with Crippen LogP contribution in [0.5, 0.6) is 5.75 Å². The molecule has 0 amide bonds. The average molecular weight is 274 g/mol. The van der Waals surface area contributed by atoms with Gasteiger partial charge in [0.05, 0.1) is 5.01 Å². The number of thiazole rings is 1. The van der Waals surface area contributed by atoms with Crippen LogP contribution in [-0.4, -0.2) is 16.6 Å². The Kier molecular flexibility index (Phi) is 3.80. The van der Waals surface area contributed by atoms with Crippen LogP contribution >= 0.6 is 11.3 Å². The van der Waals surface area contributed by atoms with Crippen LogP contribution in [0.4, 0.5) is 0 Å². The van der Waals surface area contributed by atoms with Gasteiger partial charge in [-0.15, -0.1) is 11.3 Å². The Morgan fingerprint density at radius 3 is 3.21 bits per heavy atom. The first-order chi connectivity index (χ1) is 9.33. The van der Waals surface area contributed by atoms with Crippen molar-refractivity contribution in [3.63, 3.8) is 0 Å². The quantitative estimate of drug-likeness (QED) is 0.900. The summed E-state index contributed by atoms with van der Waals surface area (Å²) in [4.78, 5) is 4.30. The van der Waals surface area contributed by atoms with Gasteiger partial charge in [-0.3, -0.25) is 0 Å². The van der Waals surface area contributed by atoms with Crippen LogP contribution in [0.1, 0.15) is 35.0 Å². The molecule has 19 heavy (non-hydrogen) atoms. The highest BCUT2D eigenvalue weighted by atomic mass is 32.1. The molecule has 1 aromatic heterocycles. The van der Waals surface area contributed by atoms with Gasteiger partial charge < -0.3 is 10.4 Å².